The lowest BCUT2D eigenvalue weighted by atomic mass is 10.1. The molecular formula is C18H22ClNO. The maximum absolute atomic E-state index is 6.15. The summed E-state index contributed by atoms with van der Waals surface area (Å²) in [7, 11) is 0. The highest BCUT2D eigenvalue weighted by Gasteiger charge is 2.01. The van der Waals surface area contributed by atoms with Gasteiger partial charge in [-0.3, -0.25) is 0 Å². The number of ether oxygens (including phenoxy) is 1. The van der Waals surface area contributed by atoms with Crippen LogP contribution < -0.4 is 10.1 Å². The van der Waals surface area contributed by atoms with Crippen LogP contribution in [0.3, 0.4) is 0 Å². The van der Waals surface area contributed by atoms with E-state index in [-0.39, 0.29) is 6.10 Å². The standard InChI is InChI=1S/C18H22ClNO/c1-14(2)21-17-10-5-9-16(13-17)20-12-6-8-15-7-3-4-11-18(15)19/h3-5,7,9-11,13-14,20H,6,8,12H2,1-2H3. The molecule has 0 saturated carbocycles. The Kier molecular flexibility index (Phi) is 5.94. The van der Waals surface area contributed by atoms with Gasteiger partial charge in [-0.05, 0) is 50.5 Å². The second-order valence-electron chi connectivity index (χ2n) is 5.32. The van der Waals surface area contributed by atoms with Crippen LogP contribution in [0.15, 0.2) is 48.5 Å². The number of anilines is 1. The number of nitrogens with one attached hydrogen (secondary N) is 1. The molecule has 0 unspecified atom stereocenters. The van der Waals surface area contributed by atoms with Crippen LogP contribution in [0.4, 0.5) is 5.69 Å². The van der Waals surface area contributed by atoms with Crippen LogP contribution in [0, 0.1) is 0 Å². The van der Waals surface area contributed by atoms with E-state index in [1.165, 1.54) is 5.56 Å². The molecule has 2 nitrogen and oxygen atoms in total. The SMILES string of the molecule is CC(C)Oc1cccc(NCCCc2ccccc2Cl)c1. The van der Waals surface area contributed by atoms with Crippen LogP contribution in [0.5, 0.6) is 5.75 Å². The van der Waals surface area contributed by atoms with Gasteiger partial charge in [0.2, 0.25) is 0 Å². The lowest BCUT2D eigenvalue weighted by Gasteiger charge is -2.12. The molecule has 0 saturated heterocycles. The molecule has 0 radical (unpaired) electrons. The minimum Gasteiger partial charge on any atom is -0.491 e. The fourth-order valence-electron chi connectivity index (χ4n) is 2.16. The van der Waals surface area contributed by atoms with Crippen LogP contribution in [-0.2, 0) is 6.42 Å². The molecule has 0 fully saturated rings. The van der Waals surface area contributed by atoms with Crippen LogP contribution in [0.1, 0.15) is 25.8 Å². The van der Waals surface area contributed by atoms with E-state index >= 15 is 0 Å². The summed E-state index contributed by atoms with van der Waals surface area (Å²) in [6, 6.07) is 16.1. The highest BCUT2D eigenvalue weighted by Crippen LogP contribution is 2.19. The maximum Gasteiger partial charge on any atom is 0.121 e. The molecule has 3 heteroatoms. The van der Waals surface area contributed by atoms with Gasteiger partial charge in [-0.15, -0.1) is 0 Å². The molecule has 1 N–H and O–H groups in total. The Morgan fingerprint density at radius 3 is 2.67 bits per heavy atom. The molecule has 0 amide bonds. The van der Waals surface area contributed by atoms with Crippen molar-refractivity contribution >= 4 is 17.3 Å². The Hall–Kier alpha value is -1.67. The normalized spacial score (nSPS) is 10.7. The third-order valence-electron chi connectivity index (χ3n) is 3.12. The van der Waals surface area contributed by atoms with Crippen LogP contribution in [-0.4, -0.2) is 12.6 Å². The first-order chi connectivity index (χ1) is 10.1. The Morgan fingerprint density at radius 1 is 1.10 bits per heavy atom. The van der Waals surface area contributed by atoms with Crippen molar-refractivity contribution in [2.45, 2.75) is 32.8 Å². The van der Waals surface area contributed by atoms with Gasteiger partial charge >= 0.3 is 0 Å². The van der Waals surface area contributed by atoms with E-state index < -0.39 is 0 Å². The number of hydrogen-bond acceptors (Lipinski definition) is 2. The molecule has 0 heterocycles. The highest BCUT2D eigenvalue weighted by atomic mass is 35.5. The minimum atomic E-state index is 0.195. The number of rotatable bonds is 7. The fourth-order valence-corrected chi connectivity index (χ4v) is 2.39. The minimum absolute atomic E-state index is 0.195. The van der Waals surface area contributed by atoms with Crippen LogP contribution >= 0.6 is 11.6 Å². The number of hydrogen-bond donors (Lipinski definition) is 1. The fraction of sp³-hybridized carbons (Fsp3) is 0.333. The monoisotopic (exact) mass is 303 g/mol. The second-order valence-corrected chi connectivity index (χ2v) is 5.72. The average molecular weight is 304 g/mol. The summed E-state index contributed by atoms with van der Waals surface area (Å²) < 4.78 is 5.69. The first-order valence-corrected chi connectivity index (χ1v) is 7.77. The van der Waals surface area contributed by atoms with Gasteiger partial charge in [-0.1, -0.05) is 35.9 Å². The summed E-state index contributed by atoms with van der Waals surface area (Å²) in [6.45, 7) is 4.98. The van der Waals surface area contributed by atoms with Crippen molar-refractivity contribution in [3.63, 3.8) is 0 Å². The summed E-state index contributed by atoms with van der Waals surface area (Å²) in [5, 5.41) is 4.28. The van der Waals surface area contributed by atoms with Crippen LogP contribution in [0.25, 0.3) is 0 Å². The van der Waals surface area contributed by atoms with Gasteiger partial charge in [0.1, 0.15) is 5.75 Å². The Morgan fingerprint density at radius 2 is 1.90 bits per heavy atom. The Bertz CT molecular complexity index is 569. The molecule has 0 aliphatic heterocycles. The van der Waals surface area contributed by atoms with Crippen molar-refractivity contribution in [2.75, 3.05) is 11.9 Å². The zero-order chi connectivity index (χ0) is 15.1. The quantitative estimate of drug-likeness (QED) is 0.712. The zero-order valence-electron chi connectivity index (χ0n) is 12.6. The van der Waals surface area contributed by atoms with Crippen molar-refractivity contribution in [2.24, 2.45) is 0 Å². The number of halogens is 1. The van der Waals surface area contributed by atoms with E-state index in [2.05, 4.69) is 17.4 Å². The molecule has 112 valence electrons. The van der Waals surface area contributed by atoms with E-state index in [9.17, 15) is 0 Å². The van der Waals surface area contributed by atoms with E-state index in [1.54, 1.807) is 0 Å². The molecule has 0 atom stereocenters. The third kappa shape index (κ3) is 5.31. The Balaban J connectivity index is 1.80. The largest absolute Gasteiger partial charge is 0.491 e. The van der Waals surface area contributed by atoms with Gasteiger partial charge in [0.25, 0.3) is 0 Å². The van der Waals surface area contributed by atoms with Crippen molar-refractivity contribution in [3.05, 3.63) is 59.1 Å². The molecule has 0 aliphatic carbocycles. The number of benzene rings is 2. The highest BCUT2D eigenvalue weighted by molar-refractivity contribution is 6.31. The smallest absolute Gasteiger partial charge is 0.121 e. The molecule has 0 bridgehead atoms. The van der Waals surface area contributed by atoms with Gasteiger partial charge in [0, 0.05) is 23.3 Å². The van der Waals surface area contributed by atoms with Gasteiger partial charge in [0.05, 0.1) is 6.10 Å². The van der Waals surface area contributed by atoms with Gasteiger partial charge in [-0.25, -0.2) is 0 Å². The molecule has 2 aromatic rings. The van der Waals surface area contributed by atoms with E-state index in [0.717, 1.165) is 35.8 Å². The summed E-state index contributed by atoms with van der Waals surface area (Å²) in [6.07, 6.45) is 2.22. The molecule has 2 aromatic carbocycles. The van der Waals surface area contributed by atoms with Crippen molar-refractivity contribution in [1.82, 2.24) is 0 Å². The summed E-state index contributed by atoms with van der Waals surface area (Å²) in [5.74, 6) is 0.904. The van der Waals surface area contributed by atoms with Gasteiger partial charge < -0.3 is 10.1 Å². The summed E-state index contributed by atoms with van der Waals surface area (Å²) in [4.78, 5) is 0. The first kappa shape index (κ1) is 15.7. The van der Waals surface area contributed by atoms with Crippen molar-refractivity contribution < 1.29 is 4.74 Å². The van der Waals surface area contributed by atoms with Crippen LogP contribution in [0.2, 0.25) is 5.02 Å². The van der Waals surface area contributed by atoms with E-state index in [0.29, 0.717) is 0 Å². The average Bonchev–Trinajstić information content (AvgIpc) is 2.45. The molecule has 21 heavy (non-hydrogen) atoms. The van der Waals surface area contributed by atoms with E-state index in [4.69, 9.17) is 16.3 Å². The second kappa shape index (κ2) is 7.94. The molecule has 0 spiro atoms. The van der Waals surface area contributed by atoms with Crippen molar-refractivity contribution in [1.29, 1.82) is 0 Å². The molecule has 0 aliphatic rings. The lowest BCUT2D eigenvalue weighted by Crippen LogP contribution is -2.07. The summed E-state index contributed by atoms with van der Waals surface area (Å²) >= 11 is 6.15. The zero-order valence-corrected chi connectivity index (χ0v) is 13.4. The lowest BCUT2D eigenvalue weighted by molar-refractivity contribution is 0.242. The first-order valence-electron chi connectivity index (χ1n) is 7.39. The predicted molar refractivity (Wildman–Crippen MR) is 90.5 cm³/mol. The molecular weight excluding hydrogens is 282 g/mol. The summed E-state index contributed by atoms with van der Waals surface area (Å²) in [5.41, 5.74) is 2.30. The molecule has 0 aromatic heterocycles. The molecule has 2 rings (SSSR count). The third-order valence-corrected chi connectivity index (χ3v) is 3.48. The van der Waals surface area contributed by atoms with Gasteiger partial charge in [0.15, 0.2) is 0 Å². The Labute approximate surface area is 132 Å². The van der Waals surface area contributed by atoms with Crippen molar-refractivity contribution in [3.8, 4) is 5.75 Å². The predicted octanol–water partition coefficient (Wildman–Crippen LogP) is 5.17. The van der Waals surface area contributed by atoms with E-state index in [1.807, 2.05) is 50.2 Å². The number of aryl methyl sites for hydroxylation is 1. The topological polar surface area (TPSA) is 21.3 Å². The van der Waals surface area contributed by atoms with Gasteiger partial charge in [-0.2, -0.15) is 0 Å². The maximum atomic E-state index is 6.15.